The van der Waals surface area contributed by atoms with Crippen molar-refractivity contribution < 1.29 is 44.1 Å². The fraction of sp³-hybridized carbons (Fsp3) is 0.281. The molecule has 1 atom stereocenters. The smallest absolute Gasteiger partial charge is 0.314 e. The summed E-state index contributed by atoms with van der Waals surface area (Å²) in [5.41, 5.74) is -0.429. The van der Waals surface area contributed by atoms with Crippen molar-refractivity contribution in [1.82, 2.24) is 0 Å². The number of carbonyl (C=O) groups is 3. The molecule has 10 heteroatoms. The first kappa shape index (κ1) is 32.3. The predicted molar refractivity (Wildman–Crippen MR) is 156 cm³/mol. The highest BCUT2D eigenvalue weighted by atomic mass is 35.5. The van der Waals surface area contributed by atoms with Crippen molar-refractivity contribution in [2.75, 3.05) is 26.2 Å². The Morgan fingerprint density at radius 2 is 1.48 bits per heavy atom. The Morgan fingerprint density at radius 1 is 0.881 bits per heavy atom. The Kier molecular flexibility index (Phi) is 11.7. The number of hydrogen-bond acceptors (Lipinski definition) is 7. The molecule has 0 radical (unpaired) electrons. The number of hydrogen-bond donors (Lipinski definition) is 3. The second-order valence-electron chi connectivity index (χ2n) is 9.67. The zero-order valence-corrected chi connectivity index (χ0v) is 24.2. The van der Waals surface area contributed by atoms with Crippen LogP contribution >= 0.6 is 11.6 Å². The number of aliphatic hydroxyl groups is 1. The molecule has 0 saturated heterocycles. The molecule has 0 aliphatic heterocycles. The van der Waals surface area contributed by atoms with Crippen molar-refractivity contribution in [2.24, 2.45) is 0 Å². The average molecular weight is 596 g/mol. The third kappa shape index (κ3) is 8.66. The molecule has 3 rings (SSSR count). The van der Waals surface area contributed by atoms with Gasteiger partial charge >= 0.3 is 11.9 Å². The van der Waals surface area contributed by atoms with Gasteiger partial charge < -0.3 is 34.5 Å². The first-order chi connectivity index (χ1) is 20.1. The summed E-state index contributed by atoms with van der Waals surface area (Å²) >= 11 is 7.00. The van der Waals surface area contributed by atoms with Gasteiger partial charge in [0.1, 0.15) is 30.3 Å². The number of carboxylic acid groups (broad SMARTS) is 2. The summed E-state index contributed by atoms with van der Waals surface area (Å²) in [6.07, 6.45) is -2.37. The van der Waals surface area contributed by atoms with Crippen molar-refractivity contribution in [3.63, 3.8) is 0 Å². The van der Waals surface area contributed by atoms with Crippen molar-refractivity contribution in [3.8, 4) is 11.5 Å². The van der Waals surface area contributed by atoms with Crippen LogP contribution in [0.25, 0.3) is 10.6 Å². The lowest BCUT2D eigenvalue weighted by Gasteiger charge is -2.26. The van der Waals surface area contributed by atoms with E-state index in [1.54, 1.807) is 18.2 Å². The largest absolute Gasteiger partial charge is 0.547 e. The summed E-state index contributed by atoms with van der Waals surface area (Å²) in [5.74, 6) is -4.18. The molecule has 0 fully saturated rings. The van der Waals surface area contributed by atoms with Gasteiger partial charge in [-0.2, -0.15) is 0 Å². The van der Waals surface area contributed by atoms with Gasteiger partial charge in [-0.1, -0.05) is 66.2 Å². The van der Waals surface area contributed by atoms with Gasteiger partial charge in [0.25, 0.3) is 0 Å². The number of rotatable bonds is 15. The second kappa shape index (κ2) is 15.2. The molecule has 9 nitrogen and oxygen atoms in total. The molecule has 3 aromatic rings. The quantitative estimate of drug-likeness (QED) is 0.138. The van der Waals surface area contributed by atoms with Crippen LogP contribution in [0.3, 0.4) is 0 Å². The Bertz CT molecular complexity index is 1400. The molecule has 0 bridgehead atoms. The summed E-state index contributed by atoms with van der Waals surface area (Å²) in [5, 5.41) is 30.8. The zero-order valence-electron chi connectivity index (χ0n) is 23.5. The molecular weight excluding hydrogens is 562 g/mol. The average Bonchev–Trinajstić information content (AvgIpc) is 2.96. The Hall–Kier alpha value is -4.18. The minimum absolute atomic E-state index is 0.00388. The topological polar surface area (TPSA) is 138 Å². The number of carbonyl (C=O) groups excluding carboxylic acids is 2. The Balaban J connectivity index is 1.95. The van der Waals surface area contributed by atoms with E-state index in [-0.39, 0.29) is 10.8 Å². The number of halogens is 1. The number of para-hydroxylation sites is 1. The number of benzene rings is 3. The highest BCUT2D eigenvalue weighted by Crippen LogP contribution is 2.39. The van der Waals surface area contributed by atoms with Gasteiger partial charge in [0.05, 0.1) is 36.9 Å². The number of carboxylic acids is 2. The number of quaternary nitrogens is 1. The maximum Gasteiger partial charge on any atom is 0.314 e. The molecule has 3 N–H and O–H groups in total. The van der Waals surface area contributed by atoms with E-state index in [2.05, 4.69) is 13.8 Å². The van der Waals surface area contributed by atoms with Gasteiger partial charge in [-0.05, 0) is 49.2 Å². The number of aliphatic carboxylic acids is 2. The van der Waals surface area contributed by atoms with E-state index in [4.69, 9.17) is 26.2 Å². The van der Waals surface area contributed by atoms with E-state index in [1.165, 1.54) is 11.0 Å². The summed E-state index contributed by atoms with van der Waals surface area (Å²) < 4.78 is 11.3. The molecule has 0 heterocycles. The van der Waals surface area contributed by atoms with Crippen LogP contribution in [0, 0.1) is 0 Å². The summed E-state index contributed by atoms with van der Waals surface area (Å²) in [6.45, 7) is 7.80. The summed E-state index contributed by atoms with van der Waals surface area (Å²) in [6, 6.07) is 23.2. The van der Waals surface area contributed by atoms with E-state index < -0.39 is 36.4 Å². The van der Waals surface area contributed by atoms with Crippen molar-refractivity contribution in [1.29, 1.82) is 0 Å². The molecule has 0 spiro atoms. The van der Waals surface area contributed by atoms with E-state index in [1.807, 2.05) is 54.6 Å². The highest BCUT2D eigenvalue weighted by Gasteiger charge is 2.36. The first-order valence-electron chi connectivity index (χ1n) is 13.6. The lowest BCUT2D eigenvalue weighted by atomic mass is 9.95. The van der Waals surface area contributed by atoms with Gasteiger partial charge in [-0.25, -0.2) is 0 Å². The maximum absolute atomic E-state index is 12.7. The molecule has 42 heavy (non-hydrogen) atoms. The van der Waals surface area contributed by atoms with Crippen molar-refractivity contribution in [3.05, 3.63) is 95.6 Å². The monoisotopic (exact) mass is 595 g/mol. The van der Waals surface area contributed by atoms with Gasteiger partial charge in [0, 0.05) is 11.1 Å². The number of esters is 1. The molecule has 222 valence electrons. The molecule has 0 aliphatic rings. The van der Waals surface area contributed by atoms with Gasteiger partial charge in [-0.3, -0.25) is 9.59 Å². The predicted octanol–water partition coefficient (Wildman–Crippen LogP) is 2.40. The van der Waals surface area contributed by atoms with Crippen LogP contribution in [0.2, 0.25) is 0 Å². The molecule has 0 aliphatic carbocycles. The third-order valence-corrected chi connectivity index (χ3v) is 7.15. The van der Waals surface area contributed by atoms with E-state index in [9.17, 15) is 24.6 Å². The lowest BCUT2D eigenvalue weighted by molar-refractivity contribution is -0.896. The molecule has 0 amide bonds. The minimum atomic E-state index is -2.94. The highest BCUT2D eigenvalue weighted by molar-refractivity contribution is 6.53. The van der Waals surface area contributed by atoms with Gasteiger partial charge in [0.15, 0.2) is 0 Å². The van der Waals surface area contributed by atoms with Crippen LogP contribution in [-0.2, 0) is 14.4 Å². The zero-order chi connectivity index (χ0) is 30.7. The molecule has 3 aromatic carbocycles. The van der Waals surface area contributed by atoms with Crippen LogP contribution in [0.1, 0.15) is 43.4 Å². The van der Waals surface area contributed by atoms with Crippen LogP contribution in [0.4, 0.5) is 0 Å². The van der Waals surface area contributed by atoms with Gasteiger partial charge in [-0.15, -0.1) is 0 Å². The van der Waals surface area contributed by atoms with Crippen molar-refractivity contribution >= 4 is 40.1 Å². The maximum atomic E-state index is 12.7. The van der Waals surface area contributed by atoms with Crippen LogP contribution in [-0.4, -0.2) is 60.0 Å². The van der Waals surface area contributed by atoms with E-state index >= 15 is 0 Å². The van der Waals surface area contributed by atoms with Crippen LogP contribution in [0.5, 0.6) is 11.5 Å². The molecule has 0 saturated carbocycles. The number of nitrogens with one attached hydrogen (secondary N) is 1. The second-order valence-corrected chi connectivity index (χ2v) is 10.0. The van der Waals surface area contributed by atoms with E-state index in [0.717, 1.165) is 30.8 Å². The van der Waals surface area contributed by atoms with Crippen LogP contribution < -0.4 is 19.5 Å². The molecular formula is C32H34ClNO8. The fourth-order valence-electron chi connectivity index (χ4n) is 4.39. The molecule has 1 unspecified atom stereocenters. The number of ether oxygens (including phenoxy) is 2. The Labute approximate surface area is 249 Å². The van der Waals surface area contributed by atoms with E-state index in [0.29, 0.717) is 23.5 Å². The van der Waals surface area contributed by atoms with Crippen molar-refractivity contribution in [2.45, 2.75) is 32.3 Å². The summed E-state index contributed by atoms with van der Waals surface area (Å²) in [7, 11) is 0. The lowest BCUT2D eigenvalue weighted by Crippen LogP contribution is -3.12. The summed E-state index contributed by atoms with van der Waals surface area (Å²) in [4.78, 5) is 36.5. The normalized spacial score (nSPS) is 13.2. The minimum Gasteiger partial charge on any atom is -0.547 e. The standard InChI is InChI=1S/C32H34ClNO8/c1-3-34(4-2)18-19-41-24-16-14-23(15-17-24)29(22-10-6-5-7-11-22)30(33)25-12-8-9-13-26(25)42-28(37)21-32(40,31(38)39)20-27(35)36/h5-17,40H,3-4,18-21H2,1-2H3,(H,35,36)(H,38,39). The Morgan fingerprint density at radius 3 is 2.07 bits per heavy atom. The SMILES string of the molecule is CC[NH+](CC)CCOc1ccc(C(=C(Cl)c2ccccc2OC(=O)CC(O)(CC(=O)O)C(=O)[O-])c2ccccc2)cc1. The first-order valence-corrected chi connectivity index (χ1v) is 13.9. The van der Waals surface area contributed by atoms with Gasteiger partial charge in [0.2, 0.25) is 0 Å². The van der Waals surface area contributed by atoms with Crippen LogP contribution in [0.15, 0.2) is 78.9 Å². The fourth-order valence-corrected chi connectivity index (χ4v) is 4.76. The molecule has 0 aromatic heterocycles. The third-order valence-electron chi connectivity index (χ3n) is 6.76. The number of likely N-dealkylation sites (N-methyl/N-ethyl adjacent to an activating group) is 1.